The fraction of sp³-hybridized carbons (Fsp3) is 0.704. The maximum absolute atomic E-state index is 13.7. The molecule has 16 nitrogen and oxygen atoms in total. The molecule has 0 aliphatic carbocycles. The van der Waals surface area contributed by atoms with E-state index in [2.05, 4.69) is 15.4 Å². The Morgan fingerprint density at radius 1 is 0.977 bits per heavy atom. The predicted octanol–water partition coefficient (Wildman–Crippen LogP) is 0.118. The molecule has 5 amide bonds. The van der Waals surface area contributed by atoms with Crippen molar-refractivity contribution in [2.75, 3.05) is 0 Å². The van der Waals surface area contributed by atoms with E-state index in [1.54, 1.807) is 27.7 Å². The first-order valence-electron chi connectivity index (χ1n) is 13.9. The molecular weight excluding hydrogens is 566 g/mol. The Kier molecular flexibility index (Phi) is 16.0. The molecule has 0 heterocycles. The van der Waals surface area contributed by atoms with E-state index in [0.717, 1.165) is 0 Å². The average molecular weight is 612 g/mol. The van der Waals surface area contributed by atoms with Gasteiger partial charge in [-0.15, -0.1) is 0 Å². The van der Waals surface area contributed by atoms with E-state index in [1.807, 2.05) is 0 Å². The number of hydrogen-bond donors (Lipinski definition) is 5. The van der Waals surface area contributed by atoms with Gasteiger partial charge in [0.2, 0.25) is 29.4 Å². The van der Waals surface area contributed by atoms with E-state index in [1.165, 1.54) is 20.8 Å². The molecule has 242 valence electrons. The van der Waals surface area contributed by atoms with Gasteiger partial charge in [-0.25, -0.2) is 14.5 Å². The number of Topliss-reactive ketones (excluding diaryl/α,β-unsaturated/α-hetero) is 1. The lowest BCUT2D eigenvalue weighted by atomic mass is 9.96. The van der Waals surface area contributed by atoms with Crippen LogP contribution in [-0.2, 0) is 33.5 Å². The first-order chi connectivity index (χ1) is 19.8. The molecule has 0 aliphatic heterocycles. The number of hydrogen-bond acceptors (Lipinski definition) is 9. The highest BCUT2D eigenvalue weighted by Gasteiger charge is 2.41. The Morgan fingerprint density at radius 3 is 1.98 bits per heavy atom. The number of imide groups is 1. The Labute approximate surface area is 250 Å². The second kappa shape index (κ2) is 17.7. The van der Waals surface area contributed by atoms with Crippen molar-refractivity contribution in [1.82, 2.24) is 15.5 Å². The van der Waals surface area contributed by atoms with Gasteiger partial charge in [-0.3, -0.25) is 24.0 Å². The van der Waals surface area contributed by atoms with Crippen molar-refractivity contribution >= 4 is 47.7 Å². The number of carboxylic acids is 1. The molecular formula is C27H45N7O9. The van der Waals surface area contributed by atoms with E-state index in [-0.39, 0.29) is 12.8 Å². The number of carbonyl (C=O) groups excluding carboxylic acids is 6. The quantitative estimate of drug-likeness (QED) is 0.0842. The van der Waals surface area contributed by atoms with E-state index >= 15 is 0 Å². The molecule has 0 rings (SSSR count). The molecule has 5 atom stereocenters. The molecule has 7 N–H and O–H groups in total. The summed E-state index contributed by atoms with van der Waals surface area (Å²) in [5.74, 6) is -6.79. The van der Waals surface area contributed by atoms with E-state index in [4.69, 9.17) is 21.7 Å². The van der Waals surface area contributed by atoms with Crippen LogP contribution in [0.5, 0.6) is 0 Å². The van der Waals surface area contributed by atoms with Crippen molar-refractivity contribution in [1.29, 1.82) is 0 Å². The zero-order chi connectivity index (χ0) is 33.7. The van der Waals surface area contributed by atoms with E-state index in [9.17, 15) is 38.7 Å². The zero-order valence-electron chi connectivity index (χ0n) is 25.8. The molecule has 0 bridgehead atoms. The average Bonchev–Trinajstić information content (AvgIpc) is 2.88. The lowest BCUT2D eigenvalue weighted by molar-refractivity contribution is -0.145. The van der Waals surface area contributed by atoms with Gasteiger partial charge in [0.25, 0.3) is 0 Å². The highest BCUT2D eigenvalue weighted by Crippen LogP contribution is 2.19. The largest absolute Gasteiger partial charge is 0.480 e. The number of aliphatic carboxylic acids is 1. The monoisotopic (exact) mass is 611 g/mol. The number of carbonyl (C=O) groups is 7. The number of nitrogens with zero attached hydrogens (tertiary/aromatic N) is 3. The van der Waals surface area contributed by atoms with Crippen LogP contribution in [0.2, 0.25) is 0 Å². The van der Waals surface area contributed by atoms with Gasteiger partial charge in [-0.05, 0) is 45.4 Å². The second-order valence-electron chi connectivity index (χ2n) is 11.5. The van der Waals surface area contributed by atoms with Crippen LogP contribution in [-0.4, -0.2) is 92.3 Å². The van der Waals surface area contributed by atoms with E-state index < -0.39 is 95.9 Å². The first kappa shape index (κ1) is 38.8. The number of primary amides is 1. The van der Waals surface area contributed by atoms with Gasteiger partial charge in [0.1, 0.15) is 23.7 Å². The van der Waals surface area contributed by atoms with Gasteiger partial charge in [-0.2, -0.15) is 4.79 Å². The Bertz CT molecular complexity index is 1100. The third-order valence-electron chi connectivity index (χ3n) is 6.35. The maximum atomic E-state index is 13.7. The molecule has 0 fully saturated rings. The zero-order valence-corrected chi connectivity index (χ0v) is 25.8. The van der Waals surface area contributed by atoms with Gasteiger partial charge >= 0.3 is 18.3 Å². The summed E-state index contributed by atoms with van der Waals surface area (Å²) in [6.45, 7) is 11.1. The van der Waals surface area contributed by atoms with Crippen LogP contribution < -0.4 is 22.1 Å². The molecule has 0 spiro atoms. The predicted molar refractivity (Wildman–Crippen MR) is 153 cm³/mol. The topological polar surface area (TPSA) is 265 Å². The van der Waals surface area contributed by atoms with Crippen LogP contribution in [0.1, 0.15) is 80.6 Å². The summed E-state index contributed by atoms with van der Waals surface area (Å²) in [5, 5.41) is 14.4. The SMILES string of the molecule is CC[C@H](C)[C@H](NC(=O)[C@H](CCC(N)=O)N(C(=O)OC(C)(C)C)C(=O)[C@@H](N)CCC(=O)C=[N+]=[N-])C(=O)N[C@H](C(=O)O)C(C)C. The highest BCUT2D eigenvalue weighted by atomic mass is 16.6. The number of carboxylic acid groups (broad SMARTS) is 1. The third-order valence-corrected chi connectivity index (χ3v) is 6.35. The number of ether oxygens (including phenoxy) is 1. The summed E-state index contributed by atoms with van der Waals surface area (Å²) >= 11 is 0. The molecule has 0 aliphatic rings. The Morgan fingerprint density at radius 2 is 1.53 bits per heavy atom. The minimum absolute atomic E-state index is 0.309. The summed E-state index contributed by atoms with van der Waals surface area (Å²) in [6, 6.07) is -5.81. The first-order valence-corrected chi connectivity index (χ1v) is 13.9. The third kappa shape index (κ3) is 13.6. The van der Waals surface area contributed by atoms with Gasteiger partial charge in [0.15, 0.2) is 0 Å². The van der Waals surface area contributed by atoms with Crippen LogP contribution in [0.25, 0.3) is 5.53 Å². The number of nitrogens with one attached hydrogen (secondary N) is 2. The molecule has 0 radical (unpaired) electrons. The number of rotatable bonds is 17. The summed E-state index contributed by atoms with van der Waals surface area (Å²) in [6.07, 6.45) is -1.87. The Hall–Kier alpha value is -4.17. The molecule has 0 unspecified atom stereocenters. The van der Waals surface area contributed by atoms with Crippen molar-refractivity contribution < 1.29 is 48.2 Å². The van der Waals surface area contributed by atoms with Crippen molar-refractivity contribution in [3.8, 4) is 0 Å². The summed E-state index contributed by atoms with van der Waals surface area (Å²) in [7, 11) is 0. The fourth-order valence-corrected chi connectivity index (χ4v) is 3.78. The Balaban J connectivity index is 6.63. The molecule has 0 saturated heterocycles. The lowest BCUT2D eigenvalue weighted by Crippen LogP contribution is -2.61. The molecule has 0 aromatic heterocycles. The van der Waals surface area contributed by atoms with Crippen LogP contribution in [0.15, 0.2) is 0 Å². The highest BCUT2D eigenvalue weighted by molar-refractivity contribution is 6.25. The molecule has 0 saturated carbocycles. The van der Waals surface area contributed by atoms with Crippen LogP contribution in [0, 0.1) is 11.8 Å². The van der Waals surface area contributed by atoms with Crippen molar-refractivity contribution in [3.05, 3.63) is 5.53 Å². The second-order valence-corrected chi connectivity index (χ2v) is 11.5. The standard InChI is InChI=1S/C27H45N7O9/c1-8-15(4)21(23(38)32-20(14(2)3)25(40)41)33-22(37)18(11-12-19(29)36)34(26(42)43-27(5,6)7)24(39)17(28)10-9-16(35)13-31-30/h13-15,17-18,20-21H,8-12,28H2,1-7H3,(H2,29,36)(H,32,38)(H,33,37)(H,40,41)/t15-,17-,18-,20-,21-/m0/s1. The van der Waals surface area contributed by atoms with E-state index in [0.29, 0.717) is 17.5 Å². The fourth-order valence-electron chi connectivity index (χ4n) is 3.78. The van der Waals surface area contributed by atoms with Crippen molar-refractivity contribution in [2.24, 2.45) is 23.3 Å². The minimum atomic E-state index is -1.74. The van der Waals surface area contributed by atoms with Gasteiger partial charge in [-0.1, -0.05) is 34.1 Å². The minimum Gasteiger partial charge on any atom is -0.480 e. The smallest absolute Gasteiger partial charge is 0.417 e. The number of amides is 5. The van der Waals surface area contributed by atoms with Gasteiger partial charge in [0.05, 0.1) is 6.04 Å². The van der Waals surface area contributed by atoms with Crippen molar-refractivity contribution in [3.63, 3.8) is 0 Å². The van der Waals surface area contributed by atoms with Crippen LogP contribution >= 0.6 is 0 Å². The lowest BCUT2D eigenvalue weighted by Gasteiger charge is -2.34. The number of ketones is 1. The molecule has 0 aromatic rings. The van der Waals surface area contributed by atoms with Crippen molar-refractivity contribution in [2.45, 2.75) is 110 Å². The maximum Gasteiger partial charge on any atom is 0.417 e. The summed E-state index contributed by atoms with van der Waals surface area (Å²) in [4.78, 5) is 91.9. The summed E-state index contributed by atoms with van der Waals surface area (Å²) < 4.78 is 5.35. The molecule has 16 heteroatoms. The van der Waals surface area contributed by atoms with Gasteiger partial charge in [0, 0.05) is 12.8 Å². The normalized spacial score (nSPS) is 14.6. The van der Waals surface area contributed by atoms with Gasteiger partial charge < -0.3 is 37.5 Å². The molecule has 0 aromatic carbocycles. The molecule has 43 heavy (non-hydrogen) atoms. The van der Waals surface area contributed by atoms with Crippen LogP contribution in [0.4, 0.5) is 4.79 Å². The van der Waals surface area contributed by atoms with Crippen LogP contribution in [0.3, 0.4) is 0 Å². The summed E-state index contributed by atoms with van der Waals surface area (Å²) in [5.41, 5.74) is 18.7. The number of nitrogens with two attached hydrogens (primary N) is 2.